The van der Waals surface area contributed by atoms with Crippen molar-refractivity contribution in [2.75, 3.05) is 0 Å². The van der Waals surface area contributed by atoms with Crippen LogP contribution in [0.5, 0.6) is 0 Å². The molecule has 0 spiro atoms. The number of nitrogens with two attached hydrogens (primary N) is 1. The molecule has 0 aliphatic rings. The molecule has 1 aromatic heterocycles. The topological polar surface area (TPSA) is 56.0 Å². The van der Waals surface area contributed by atoms with Gasteiger partial charge in [0.1, 0.15) is 0 Å². The first-order chi connectivity index (χ1) is 4.30. The molecule has 0 bridgehead atoms. The van der Waals surface area contributed by atoms with Crippen LogP contribution in [0.15, 0.2) is 24.5 Å². The van der Waals surface area contributed by atoms with Crippen molar-refractivity contribution in [2.24, 2.45) is 5.73 Å². The SMILES string of the molecule is NC(=O)c1cccnc1.[I-].[K+]. The van der Waals surface area contributed by atoms with Gasteiger partial charge >= 0.3 is 51.4 Å². The van der Waals surface area contributed by atoms with Crippen LogP contribution in [0.2, 0.25) is 0 Å². The third-order valence-electron chi connectivity index (χ3n) is 0.946. The molecule has 0 aliphatic carbocycles. The third kappa shape index (κ3) is 5.26. The number of rotatable bonds is 1. The van der Waals surface area contributed by atoms with Gasteiger partial charge in [-0.05, 0) is 12.1 Å². The van der Waals surface area contributed by atoms with Gasteiger partial charge in [0.2, 0.25) is 5.91 Å². The van der Waals surface area contributed by atoms with E-state index in [0.29, 0.717) is 5.56 Å². The van der Waals surface area contributed by atoms with Gasteiger partial charge in [0.15, 0.2) is 0 Å². The summed E-state index contributed by atoms with van der Waals surface area (Å²) in [6.45, 7) is 0. The summed E-state index contributed by atoms with van der Waals surface area (Å²) in [7, 11) is 0. The fourth-order valence-electron chi connectivity index (χ4n) is 0.509. The normalized spacial score (nSPS) is 7.27. The quantitative estimate of drug-likeness (QED) is 0.413. The van der Waals surface area contributed by atoms with Gasteiger partial charge in [0.25, 0.3) is 0 Å². The van der Waals surface area contributed by atoms with Gasteiger partial charge in [0.05, 0.1) is 5.56 Å². The van der Waals surface area contributed by atoms with Crippen molar-refractivity contribution >= 4 is 5.91 Å². The van der Waals surface area contributed by atoms with Crippen LogP contribution >= 0.6 is 0 Å². The zero-order chi connectivity index (χ0) is 6.69. The molecule has 2 N–H and O–H groups in total. The number of carbonyl (C=O) groups excluding carboxylic acids is 1. The molecule has 11 heavy (non-hydrogen) atoms. The van der Waals surface area contributed by atoms with Crippen molar-refractivity contribution in [3.8, 4) is 0 Å². The summed E-state index contributed by atoms with van der Waals surface area (Å²) in [6, 6.07) is 3.29. The van der Waals surface area contributed by atoms with Crippen LogP contribution in [-0.2, 0) is 0 Å². The molecule has 0 aromatic carbocycles. The van der Waals surface area contributed by atoms with Crippen LogP contribution in [0.25, 0.3) is 0 Å². The van der Waals surface area contributed by atoms with Crippen molar-refractivity contribution in [3.05, 3.63) is 30.1 Å². The Balaban J connectivity index is 0. The maximum atomic E-state index is 10.4. The van der Waals surface area contributed by atoms with Gasteiger partial charge in [0, 0.05) is 12.4 Å². The van der Waals surface area contributed by atoms with Gasteiger partial charge in [-0.15, -0.1) is 0 Å². The summed E-state index contributed by atoms with van der Waals surface area (Å²) in [5.41, 5.74) is 5.38. The molecule has 0 fully saturated rings. The average Bonchev–Trinajstić information content (AvgIpc) is 1.90. The second-order valence-corrected chi connectivity index (χ2v) is 1.61. The predicted molar refractivity (Wildman–Crippen MR) is 32.8 cm³/mol. The number of pyridine rings is 1. The van der Waals surface area contributed by atoms with E-state index in [4.69, 9.17) is 5.73 Å². The number of carbonyl (C=O) groups is 1. The third-order valence-corrected chi connectivity index (χ3v) is 0.946. The molecular formula is C6H6IKN2O. The fraction of sp³-hybridized carbons (Fsp3) is 0. The molecule has 0 radical (unpaired) electrons. The molecule has 1 rings (SSSR count). The predicted octanol–water partition coefficient (Wildman–Crippen LogP) is -5.81. The minimum absolute atomic E-state index is 0. The number of nitrogens with zero attached hydrogens (tertiary/aromatic N) is 1. The molecule has 1 heterocycles. The van der Waals surface area contributed by atoms with E-state index < -0.39 is 5.91 Å². The molecule has 54 valence electrons. The Labute approximate surface area is 125 Å². The molecule has 0 saturated heterocycles. The average molecular weight is 288 g/mol. The van der Waals surface area contributed by atoms with Crippen LogP contribution in [0, 0.1) is 0 Å². The molecular weight excluding hydrogens is 282 g/mol. The van der Waals surface area contributed by atoms with Gasteiger partial charge in [-0.2, -0.15) is 0 Å². The summed E-state index contributed by atoms with van der Waals surface area (Å²) >= 11 is 0. The van der Waals surface area contributed by atoms with E-state index in [9.17, 15) is 4.79 Å². The molecule has 3 nitrogen and oxygen atoms in total. The minimum atomic E-state index is -0.442. The maximum Gasteiger partial charge on any atom is 1.00 e. The number of halogens is 1. The summed E-state index contributed by atoms with van der Waals surface area (Å²) in [5.74, 6) is -0.442. The van der Waals surface area contributed by atoms with E-state index in [1.165, 1.54) is 6.20 Å². The van der Waals surface area contributed by atoms with Crippen molar-refractivity contribution in [1.82, 2.24) is 4.98 Å². The molecule has 1 amide bonds. The number of hydrogen-bond acceptors (Lipinski definition) is 2. The van der Waals surface area contributed by atoms with Gasteiger partial charge < -0.3 is 29.7 Å². The largest absolute Gasteiger partial charge is 1.00 e. The van der Waals surface area contributed by atoms with Crippen LogP contribution < -0.4 is 81.1 Å². The van der Waals surface area contributed by atoms with Crippen molar-refractivity contribution < 1.29 is 80.2 Å². The zero-order valence-electron chi connectivity index (χ0n) is 6.12. The Kier molecular flexibility index (Phi) is 10.1. The number of primary amides is 1. The summed E-state index contributed by atoms with van der Waals surface area (Å²) in [5, 5.41) is 0. The fourth-order valence-corrected chi connectivity index (χ4v) is 0.509. The van der Waals surface area contributed by atoms with E-state index in [2.05, 4.69) is 4.98 Å². The van der Waals surface area contributed by atoms with E-state index in [-0.39, 0.29) is 75.4 Å². The maximum absolute atomic E-state index is 10.4. The van der Waals surface area contributed by atoms with Crippen molar-refractivity contribution in [2.45, 2.75) is 0 Å². The second kappa shape index (κ2) is 7.63. The summed E-state index contributed by atoms with van der Waals surface area (Å²) in [6.07, 6.45) is 3.02. The van der Waals surface area contributed by atoms with Crippen molar-refractivity contribution in [1.29, 1.82) is 0 Å². The number of amides is 1. The Morgan fingerprint density at radius 3 is 2.45 bits per heavy atom. The Morgan fingerprint density at radius 1 is 1.55 bits per heavy atom. The van der Waals surface area contributed by atoms with E-state index in [0.717, 1.165) is 0 Å². The molecule has 0 unspecified atom stereocenters. The van der Waals surface area contributed by atoms with E-state index in [1.807, 2.05) is 0 Å². The number of hydrogen-bond donors (Lipinski definition) is 1. The first-order valence-corrected chi connectivity index (χ1v) is 2.50. The van der Waals surface area contributed by atoms with Crippen LogP contribution in [0.4, 0.5) is 0 Å². The molecule has 0 aliphatic heterocycles. The minimum Gasteiger partial charge on any atom is -1.00 e. The van der Waals surface area contributed by atoms with Gasteiger partial charge in [-0.1, -0.05) is 0 Å². The first kappa shape index (κ1) is 14.5. The molecule has 0 atom stereocenters. The second-order valence-electron chi connectivity index (χ2n) is 1.61. The monoisotopic (exact) mass is 288 g/mol. The Morgan fingerprint density at radius 2 is 2.18 bits per heavy atom. The van der Waals surface area contributed by atoms with Crippen molar-refractivity contribution in [3.63, 3.8) is 0 Å². The molecule has 5 heteroatoms. The van der Waals surface area contributed by atoms with Gasteiger partial charge in [-0.3, -0.25) is 9.78 Å². The van der Waals surface area contributed by atoms with Crippen LogP contribution in [0.1, 0.15) is 10.4 Å². The van der Waals surface area contributed by atoms with Crippen LogP contribution in [0.3, 0.4) is 0 Å². The Hall–Kier alpha value is 0.986. The van der Waals surface area contributed by atoms with Gasteiger partial charge in [-0.25, -0.2) is 0 Å². The first-order valence-electron chi connectivity index (χ1n) is 2.50. The standard InChI is InChI=1S/C6H6N2O.HI.K/c7-6(9)5-2-1-3-8-4-5;;/h1-4H,(H2,7,9);1H;/q;;+1/p-1. The number of aromatic nitrogens is 1. The smallest absolute Gasteiger partial charge is 1.00 e. The van der Waals surface area contributed by atoms with Crippen LogP contribution in [-0.4, -0.2) is 10.9 Å². The summed E-state index contributed by atoms with van der Waals surface area (Å²) in [4.78, 5) is 14.1. The zero-order valence-corrected chi connectivity index (χ0v) is 11.4. The van der Waals surface area contributed by atoms with E-state index >= 15 is 0 Å². The van der Waals surface area contributed by atoms with E-state index in [1.54, 1.807) is 18.3 Å². The molecule has 1 aromatic rings. The Bertz CT molecular complexity index is 217. The summed E-state index contributed by atoms with van der Waals surface area (Å²) < 4.78 is 0. The molecule has 0 saturated carbocycles.